The number of rotatable bonds is 9. The molecule has 2 heterocycles. The van der Waals surface area contributed by atoms with E-state index in [2.05, 4.69) is 46.4 Å². The fraction of sp³-hybridized carbons (Fsp3) is 0.320. The van der Waals surface area contributed by atoms with Crippen molar-refractivity contribution in [1.29, 1.82) is 0 Å². The maximum Gasteiger partial charge on any atom is 0.273 e. The summed E-state index contributed by atoms with van der Waals surface area (Å²) in [4.78, 5) is 31.2. The summed E-state index contributed by atoms with van der Waals surface area (Å²) in [6.07, 6.45) is 0.882. The molecule has 166 valence electrons. The lowest BCUT2D eigenvalue weighted by Gasteiger charge is -2.20. The molecule has 0 unspecified atom stereocenters. The molecule has 2 aromatic carbocycles. The van der Waals surface area contributed by atoms with Crippen molar-refractivity contribution >= 4 is 22.5 Å². The summed E-state index contributed by atoms with van der Waals surface area (Å²) in [5.41, 5.74) is 3.24. The number of nitrogens with zero attached hydrogens (tertiary/aromatic N) is 4. The van der Waals surface area contributed by atoms with Crippen LogP contribution in [-0.2, 0) is 17.9 Å². The first kappa shape index (κ1) is 21.8. The number of amides is 1. The van der Waals surface area contributed by atoms with Crippen molar-refractivity contribution in [2.75, 3.05) is 19.6 Å². The Morgan fingerprint density at radius 2 is 1.84 bits per heavy atom. The third-order valence-electron chi connectivity index (χ3n) is 5.71. The predicted molar refractivity (Wildman–Crippen MR) is 127 cm³/mol. The van der Waals surface area contributed by atoms with Gasteiger partial charge >= 0.3 is 0 Å². The third-order valence-corrected chi connectivity index (χ3v) is 5.71. The first-order valence-electron chi connectivity index (χ1n) is 11.1. The number of hydrogen-bond donors (Lipinski definition) is 1. The van der Waals surface area contributed by atoms with Gasteiger partial charge in [-0.3, -0.25) is 19.2 Å². The molecule has 7 nitrogen and oxygen atoms in total. The molecule has 0 saturated carbocycles. The number of carbonyl (C=O) groups excluding carboxylic acids is 1. The second-order valence-electron chi connectivity index (χ2n) is 8.00. The average Bonchev–Trinajstić information content (AvgIpc) is 3.10. The number of aryl methyl sites for hydroxylation is 1. The molecular formula is C25H29N5O2. The van der Waals surface area contributed by atoms with Gasteiger partial charge in [0.05, 0.1) is 5.52 Å². The predicted octanol–water partition coefficient (Wildman–Crippen LogP) is 2.99. The first-order chi connectivity index (χ1) is 15.6. The number of hydrogen-bond acceptors (Lipinski definition) is 4. The number of fused-ring (bicyclic) bond motifs is 3. The maximum absolute atomic E-state index is 12.7. The highest BCUT2D eigenvalue weighted by atomic mass is 16.2. The van der Waals surface area contributed by atoms with Gasteiger partial charge in [0, 0.05) is 36.8 Å². The Bertz CT molecular complexity index is 1280. The Morgan fingerprint density at radius 1 is 1.09 bits per heavy atom. The van der Waals surface area contributed by atoms with Crippen LogP contribution in [0.25, 0.3) is 16.6 Å². The lowest BCUT2D eigenvalue weighted by atomic mass is 10.2. The normalized spacial score (nSPS) is 11.5. The van der Waals surface area contributed by atoms with Gasteiger partial charge in [-0.25, -0.2) is 4.52 Å². The van der Waals surface area contributed by atoms with E-state index in [1.807, 2.05) is 46.5 Å². The van der Waals surface area contributed by atoms with Crippen molar-refractivity contribution in [3.8, 4) is 0 Å². The minimum atomic E-state index is -0.272. The Hall–Kier alpha value is -3.45. The van der Waals surface area contributed by atoms with Gasteiger partial charge < -0.3 is 5.32 Å². The van der Waals surface area contributed by atoms with E-state index in [1.54, 1.807) is 0 Å². The molecule has 0 aliphatic rings. The first-order valence-corrected chi connectivity index (χ1v) is 11.1. The molecule has 4 rings (SSSR count). The van der Waals surface area contributed by atoms with Crippen molar-refractivity contribution in [3.05, 3.63) is 82.3 Å². The van der Waals surface area contributed by atoms with Gasteiger partial charge in [0.15, 0.2) is 5.65 Å². The monoisotopic (exact) mass is 431 g/mol. The zero-order valence-corrected chi connectivity index (χ0v) is 18.6. The highest BCUT2D eigenvalue weighted by Crippen LogP contribution is 2.21. The summed E-state index contributed by atoms with van der Waals surface area (Å²) in [6, 6.07) is 19.6. The second-order valence-corrected chi connectivity index (χ2v) is 8.00. The number of carbonyl (C=O) groups is 1. The van der Waals surface area contributed by atoms with Crippen molar-refractivity contribution in [1.82, 2.24) is 24.4 Å². The number of nitrogens with one attached hydrogen (secondary N) is 1. The zero-order valence-electron chi connectivity index (χ0n) is 18.6. The lowest BCUT2D eigenvalue weighted by Crippen LogP contribution is -2.32. The average molecular weight is 432 g/mol. The molecule has 7 heteroatoms. The molecule has 0 fully saturated rings. The van der Waals surface area contributed by atoms with E-state index in [1.165, 1.54) is 11.6 Å². The summed E-state index contributed by atoms with van der Waals surface area (Å²) in [5, 5.41) is 3.90. The number of benzene rings is 2. The van der Waals surface area contributed by atoms with Gasteiger partial charge in [-0.1, -0.05) is 49.4 Å². The molecule has 0 aliphatic carbocycles. The summed E-state index contributed by atoms with van der Waals surface area (Å²) in [6.45, 7) is 7.60. The van der Waals surface area contributed by atoms with Crippen LogP contribution < -0.4 is 10.9 Å². The van der Waals surface area contributed by atoms with Crippen molar-refractivity contribution < 1.29 is 4.79 Å². The number of aromatic nitrogens is 3. The fourth-order valence-electron chi connectivity index (χ4n) is 4.13. The van der Waals surface area contributed by atoms with Gasteiger partial charge in [-0.05, 0) is 37.6 Å². The van der Waals surface area contributed by atoms with Crippen LogP contribution in [0.15, 0.2) is 65.5 Å². The van der Waals surface area contributed by atoms with Gasteiger partial charge in [-0.2, -0.15) is 4.98 Å². The molecule has 0 saturated heterocycles. The highest BCUT2D eigenvalue weighted by Gasteiger charge is 2.15. The van der Waals surface area contributed by atoms with Crippen LogP contribution in [0.1, 0.15) is 24.6 Å². The smallest absolute Gasteiger partial charge is 0.273 e. The van der Waals surface area contributed by atoms with Crippen LogP contribution in [0.2, 0.25) is 0 Å². The molecule has 0 bridgehead atoms. The van der Waals surface area contributed by atoms with E-state index >= 15 is 0 Å². The minimum absolute atomic E-state index is 0.0585. The lowest BCUT2D eigenvalue weighted by molar-refractivity contribution is -0.121. The summed E-state index contributed by atoms with van der Waals surface area (Å²) < 4.78 is 3.74. The van der Waals surface area contributed by atoms with Gasteiger partial charge in [0.1, 0.15) is 6.54 Å². The minimum Gasteiger partial charge on any atom is -0.354 e. The summed E-state index contributed by atoms with van der Waals surface area (Å²) >= 11 is 0. The molecular weight excluding hydrogens is 402 g/mol. The molecule has 1 N–H and O–H groups in total. The van der Waals surface area contributed by atoms with Crippen molar-refractivity contribution in [2.24, 2.45) is 0 Å². The van der Waals surface area contributed by atoms with E-state index in [0.29, 0.717) is 12.2 Å². The summed E-state index contributed by atoms with van der Waals surface area (Å²) in [5.74, 6) is -0.0585. The number of para-hydroxylation sites is 1. The van der Waals surface area contributed by atoms with E-state index < -0.39 is 0 Å². The molecule has 0 radical (unpaired) electrons. The van der Waals surface area contributed by atoms with E-state index in [-0.39, 0.29) is 18.0 Å². The topological polar surface area (TPSA) is 71.6 Å². The van der Waals surface area contributed by atoms with Crippen LogP contribution in [-0.4, -0.2) is 44.6 Å². The fourth-order valence-corrected chi connectivity index (χ4v) is 4.13. The van der Waals surface area contributed by atoms with Crippen LogP contribution >= 0.6 is 0 Å². The van der Waals surface area contributed by atoms with Crippen LogP contribution in [0.4, 0.5) is 0 Å². The quantitative estimate of drug-likeness (QED) is 0.414. The Kier molecular flexibility index (Phi) is 6.66. The van der Waals surface area contributed by atoms with Crippen molar-refractivity contribution in [3.63, 3.8) is 0 Å². The SMILES string of the molecule is CCN(CCCNC(=O)Cn1c2ccccc2c2nc(=O)cc(C)n21)Cc1ccccc1. The molecule has 2 aromatic heterocycles. The highest BCUT2D eigenvalue weighted by molar-refractivity contribution is 5.93. The molecule has 4 aromatic rings. The van der Waals surface area contributed by atoms with E-state index in [9.17, 15) is 9.59 Å². The van der Waals surface area contributed by atoms with Crippen molar-refractivity contribution in [2.45, 2.75) is 33.4 Å². The van der Waals surface area contributed by atoms with Gasteiger partial charge in [0.25, 0.3) is 5.56 Å². The van der Waals surface area contributed by atoms with E-state index in [4.69, 9.17) is 0 Å². The Morgan fingerprint density at radius 3 is 2.62 bits per heavy atom. The van der Waals surface area contributed by atoms with Gasteiger partial charge in [0.2, 0.25) is 5.91 Å². The maximum atomic E-state index is 12.7. The second kappa shape index (κ2) is 9.78. The summed E-state index contributed by atoms with van der Waals surface area (Å²) in [7, 11) is 0. The molecule has 32 heavy (non-hydrogen) atoms. The largest absolute Gasteiger partial charge is 0.354 e. The Balaban J connectivity index is 1.39. The molecule has 0 spiro atoms. The van der Waals surface area contributed by atoms with Crippen LogP contribution in [0.5, 0.6) is 0 Å². The standard InChI is InChI=1S/C25H29N5O2/c1-3-28(17-20-10-5-4-6-11-20)15-9-14-26-24(32)18-29-22-13-8-7-12-21(22)25-27-23(31)16-19(2)30(25)29/h4-8,10-13,16H,3,9,14-15,17-18H2,1-2H3,(H,26,32). The van der Waals surface area contributed by atoms with Crippen LogP contribution in [0.3, 0.4) is 0 Å². The molecule has 1 amide bonds. The third kappa shape index (κ3) is 4.73. The molecule has 0 aliphatic heterocycles. The van der Waals surface area contributed by atoms with E-state index in [0.717, 1.165) is 42.7 Å². The zero-order chi connectivity index (χ0) is 22.5. The van der Waals surface area contributed by atoms with Gasteiger partial charge in [-0.15, -0.1) is 0 Å². The Labute approximate surface area is 187 Å². The van der Waals surface area contributed by atoms with Crippen LogP contribution in [0, 0.1) is 6.92 Å². The molecule has 0 atom stereocenters.